The lowest BCUT2D eigenvalue weighted by Gasteiger charge is -2.17. The Labute approximate surface area is 109 Å². The zero-order valence-electron chi connectivity index (χ0n) is 11.1. The third kappa shape index (κ3) is 2.69. The van der Waals surface area contributed by atoms with E-state index in [1.54, 1.807) is 4.90 Å². The van der Waals surface area contributed by atoms with E-state index in [4.69, 9.17) is 0 Å². The molecule has 1 amide bonds. The molecule has 0 aromatic rings. The largest absolute Gasteiger partial charge is 0.342 e. The van der Waals surface area contributed by atoms with Gasteiger partial charge in [-0.1, -0.05) is 6.92 Å². The minimum Gasteiger partial charge on any atom is -0.342 e. The smallest absolute Gasteiger partial charge is 0.224 e. The highest BCUT2D eigenvalue weighted by Crippen LogP contribution is 2.48. The predicted octanol–water partition coefficient (Wildman–Crippen LogP) is 0.717. The molecule has 104 valence electrons. The summed E-state index contributed by atoms with van der Waals surface area (Å²) in [4.78, 5) is 13.2. The van der Waals surface area contributed by atoms with Gasteiger partial charge in [0.1, 0.15) is 5.25 Å². The molecule has 2 aliphatic rings. The molecule has 0 spiro atoms. The number of hydrogen-bond donors (Lipinski definition) is 1. The summed E-state index contributed by atoms with van der Waals surface area (Å²) in [5, 5.41) is -0.572. The van der Waals surface area contributed by atoms with Crippen molar-refractivity contribution in [2.24, 2.45) is 5.41 Å². The lowest BCUT2D eigenvalue weighted by molar-refractivity contribution is -0.127. The standard InChI is InChI=1S/C12H22N2O3S/c1-3-12(5-6-12)9-13-18(16,17)10-7-11(15)14(4-2)8-10/h10,13H,3-9H2,1-2H3/t10-/m0/s1. The van der Waals surface area contributed by atoms with E-state index >= 15 is 0 Å². The van der Waals surface area contributed by atoms with Crippen LogP contribution in [0.1, 0.15) is 39.5 Å². The molecule has 2 fully saturated rings. The van der Waals surface area contributed by atoms with Crippen molar-refractivity contribution in [1.82, 2.24) is 9.62 Å². The van der Waals surface area contributed by atoms with Crippen LogP contribution < -0.4 is 4.72 Å². The zero-order chi connectivity index (χ0) is 13.4. The van der Waals surface area contributed by atoms with E-state index in [9.17, 15) is 13.2 Å². The molecule has 18 heavy (non-hydrogen) atoms. The number of sulfonamides is 1. The summed E-state index contributed by atoms with van der Waals surface area (Å²) in [6.45, 7) is 5.42. The van der Waals surface area contributed by atoms with Crippen molar-refractivity contribution in [3.63, 3.8) is 0 Å². The fourth-order valence-electron chi connectivity index (χ4n) is 2.45. The highest BCUT2D eigenvalue weighted by molar-refractivity contribution is 7.90. The predicted molar refractivity (Wildman–Crippen MR) is 69.5 cm³/mol. The first-order chi connectivity index (χ1) is 8.42. The molecular formula is C12H22N2O3S. The van der Waals surface area contributed by atoms with Crippen LogP contribution in [0.5, 0.6) is 0 Å². The van der Waals surface area contributed by atoms with Gasteiger partial charge in [-0.05, 0) is 31.6 Å². The molecule has 1 aliphatic heterocycles. The summed E-state index contributed by atoms with van der Waals surface area (Å²) in [6, 6.07) is 0. The summed E-state index contributed by atoms with van der Waals surface area (Å²) in [6.07, 6.45) is 3.36. The van der Waals surface area contributed by atoms with E-state index < -0.39 is 15.3 Å². The van der Waals surface area contributed by atoms with Crippen LogP contribution in [0.2, 0.25) is 0 Å². The molecular weight excluding hydrogens is 252 g/mol. The third-order valence-electron chi connectivity index (χ3n) is 4.36. The Hall–Kier alpha value is -0.620. The molecule has 5 nitrogen and oxygen atoms in total. The van der Waals surface area contributed by atoms with E-state index in [2.05, 4.69) is 11.6 Å². The van der Waals surface area contributed by atoms with Gasteiger partial charge in [0, 0.05) is 26.1 Å². The van der Waals surface area contributed by atoms with Crippen molar-refractivity contribution in [1.29, 1.82) is 0 Å². The number of amides is 1. The molecule has 1 aliphatic carbocycles. The normalized spacial score (nSPS) is 26.7. The fourth-order valence-corrected chi connectivity index (χ4v) is 3.93. The van der Waals surface area contributed by atoms with Gasteiger partial charge < -0.3 is 4.90 Å². The van der Waals surface area contributed by atoms with Crippen LogP contribution in [0.4, 0.5) is 0 Å². The van der Waals surface area contributed by atoms with Gasteiger partial charge in [-0.25, -0.2) is 13.1 Å². The van der Waals surface area contributed by atoms with Crippen LogP contribution in [0, 0.1) is 5.41 Å². The lowest BCUT2D eigenvalue weighted by Crippen LogP contribution is -2.39. The summed E-state index contributed by atoms with van der Waals surface area (Å²) < 4.78 is 27.0. The lowest BCUT2D eigenvalue weighted by atomic mass is 10.1. The highest BCUT2D eigenvalue weighted by Gasteiger charge is 2.43. The van der Waals surface area contributed by atoms with Crippen LogP contribution in [0.3, 0.4) is 0 Å². The first kappa shape index (κ1) is 13.8. The van der Waals surface area contributed by atoms with Crippen LogP contribution in [0.15, 0.2) is 0 Å². The van der Waals surface area contributed by atoms with Crippen LogP contribution in [-0.2, 0) is 14.8 Å². The second-order valence-corrected chi connectivity index (χ2v) is 7.52. The minimum atomic E-state index is -3.35. The Bertz CT molecular complexity index is 429. The van der Waals surface area contributed by atoms with Gasteiger partial charge in [-0.3, -0.25) is 4.79 Å². The van der Waals surface area contributed by atoms with E-state index in [1.165, 1.54) is 0 Å². The van der Waals surface area contributed by atoms with Crippen LogP contribution >= 0.6 is 0 Å². The van der Waals surface area contributed by atoms with Crippen LogP contribution in [-0.4, -0.2) is 44.1 Å². The molecule has 6 heteroatoms. The molecule has 0 radical (unpaired) electrons. The Morgan fingerprint density at radius 1 is 1.39 bits per heavy atom. The SMILES string of the molecule is CCN1C[C@@H](S(=O)(=O)NCC2(CC)CC2)CC1=O. The van der Waals surface area contributed by atoms with Crippen molar-refractivity contribution in [2.75, 3.05) is 19.6 Å². The maximum absolute atomic E-state index is 12.1. The van der Waals surface area contributed by atoms with E-state index in [1.807, 2.05) is 6.92 Å². The number of carbonyl (C=O) groups is 1. The van der Waals surface area contributed by atoms with Gasteiger partial charge in [-0.15, -0.1) is 0 Å². The Kier molecular flexibility index (Phi) is 3.69. The van der Waals surface area contributed by atoms with Crippen molar-refractivity contribution in [2.45, 2.75) is 44.8 Å². The van der Waals surface area contributed by atoms with Gasteiger partial charge in [0.2, 0.25) is 15.9 Å². The molecule has 0 aromatic heterocycles. The van der Waals surface area contributed by atoms with Gasteiger partial charge in [0.25, 0.3) is 0 Å². The summed E-state index contributed by atoms with van der Waals surface area (Å²) in [5.74, 6) is -0.0514. The molecule has 0 bridgehead atoms. The number of hydrogen-bond acceptors (Lipinski definition) is 3. The van der Waals surface area contributed by atoms with Crippen LogP contribution in [0.25, 0.3) is 0 Å². The van der Waals surface area contributed by atoms with Crippen molar-refractivity contribution in [3.8, 4) is 0 Å². The second-order valence-electron chi connectivity index (χ2n) is 5.48. The highest BCUT2D eigenvalue weighted by atomic mass is 32.2. The maximum Gasteiger partial charge on any atom is 0.224 e. The summed E-state index contributed by atoms with van der Waals surface area (Å²) in [5.41, 5.74) is 0.195. The first-order valence-electron chi connectivity index (χ1n) is 6.69. The first-order valence-corrected chi connectivity index (χ1v) is 8.23. The van der Waals surface area contributed by atoms with Gasteiger partial charge in [-0.2, -0.15) is 0 Å². The van der Waals surface area contributed by atoms with Gasteiger partial charge in [0.05, 0.1) is 0 Å². The zero-order valence-corrected chi connectivity index (χ0v) is 11.9. The topological polar surface area (TPSA) is 66.5 Å². The Morgan fingerprint density at radius 3 is 2.50 bits per heavy atom. The number of rotatable bonds is 6. The monoisotopic (exact) mass is 274 g/mol. The van der Waals surface area contributed by atoms with Gasteiger partial charge in [0.15, 0.2) is 0 Å². The second kappa shape index (κ2) is 4.81. The van der Waals surface area contributed by atoms with Crippen molar-refractivity contribution >= 4 is 15.9 Å². The average Bonchev–Trinajstić information content (AvgIpc) is 3.03. The summed E-state index contributed by atoms with van der Waals surface area (Å²) >= 11 is 0. The maximum atomic E-state index is 12.1. The van der Waals surface area contributed by atoms with E-state index in [0.717, 1.165) is 19.3 Å². The molecule has 0 aromatic carbocycles. The number of nitrogens with one attached hydrogen (secondary N) is 1. The average molecular weight is 274 g/mol. The van der Waals surface area contributed by atoms with Gasteiger partial charge >= 0.3 is 0 Å². The Morgan fingerprint density at radius 2 is 2.06 bits per heavy atom. The molecule has 1 N–H and O–H groups in total. The Balaban J connectivity index is 1.93. The molecule has 2 rings (SSSR count). The number of carbonyl (C=O) groups excluding carboxylic acids is 1. The fraction of sp³-hybridized carbons (Fsp3) is 0.917. The van der Waals surface area contributed by atoms with Crippen molar-refractivity contribution in [3.05, 3.63) is 0 Å². The molecule has 1 atom stereocenters. The summed E-state index contributed by atoms with van der Waals surface area (Å²) in [7, 11) is -3.35. The molecule has 1 heterocycles. The van der Waals surface area contributed by atoms with Crippen molar-refractivity contribution < 1.29 is 13.2 Å². The number of likely N-dealkylation sites (tertiary alicyclic amines) is 1. The van der Waals surface area contributed by atoms with E-state index in [-0.39, 0.29) is 17.7 Å². The third-order valence-corrected chi connectivity index (χ3v) is 6.10. The molecule has 0 unspecified atom stereocenters. The number of nitrogens with zero attached hydrogens (tertiary/aromatic N) is 1. The molecule has 1 saturated heterocycles. The molecule has 1 saturated carbocycles. The minimum absolute atomic E-state index is 0.0514. The quantitative estimate of drug-likeness (QED) is 0.776. The van der Waals surface area contributed by atoms with E-state index in [0.29, 0.717) is 19.6 Å².